The highest BCUT2D eigenvalue weighted by Crippen LogP contribution is 2.19. The van der Waals surface area contributed by atoms with Gasteiger partial charge in [0.05, 0.1) is 11.0 Å². The van der Waals surface area contributed by atoms with Crippen LogP contribution in [0.2, 0.25) is 0 Å². The van der Waals surface area contributed by atoms with Crippen LogP contribution < -0.4 is 10.6 Å². The number of sulfone groups is 1. The molecule has 0 aromatic heterocycles. The molecule has 17 heavy (non-hydrogen) atoms. The van der Waals surface area contributed by atoms with E-state index in [9.17, 15) is 26.4 Å². The summed E-state index contributed by atoms with van der Waals surface area (Å²) < 4.78 is 57.9. The molecular weight excluding hydrogens is 261 g/mol. The van der Waals surface area contributed by atoms with Crippen molar-refractivity contribution < 1.29 is 26.4 Å². The third-order valence-corrected chi connectivity index (χ3v) is 4.68. The summed E-state index contributed by atoms with van der Waals surface area (Å²) in [7, 11) is -3.19. The molecule has 0 saturated carbocycles. The zero-order chi connectivity index (χ0) is 13.1. The van der Waals surface area contributed by atoms with E-state index in [4.69, 9.17) is 0 Å². The van der Waals surface area contributed by atoms with Crippen molar-refractivity contribution in [3.05, 3.63) is 0 Å². The number of carbonyl (C=O) groups excluding carboxylic acids is 1. The van der Waals surface area contributed by atoms with Crippen molar-refractivity contribution in [2.75, 3.05) is 18.8 Å². The van der Waals surface area contributed by atoms with E-state index in [1.54, 1.807) is 5.32 Å². The number of hydrogen-bond acceptors (Lipinski definition) is 3. The molecule has 1 rings (SSSR count). The Bertz CT molecular complexity index is 380. The molecule has 9 heteroatoms. The highest BCUT2D eigenvalue weighted by molar-refractivity contribution is 7.92. The van der Waals surface area contributed by atoms with Gasteiger partial charge in [0.25, 0.3) is 0 Å². The van der Waals surface area contributed by atoms with E-state index in [1.165, 1.54) is 0 Å². The molecule has 2 N–H and O–H groups in total. The number of halogens is 3. The monoisotopic (exact) mass is 274 g/mol. The number of urea groups is 1. The van der Waals surface area contributed by atoms with E-state index in [0.717, 1.165) is 0 Å². The van der Waals surface area contributed by atoms with Crippen LogP contribution in [-0.4, -0.2) is 44.7 Å². The van der Waals surface area contributed by atoms with Crippen LogP contribution in [0.5, 0.6) is 0 Å². The molecule has 5 nitrogen and oxygen atoms in total. The fourth-order valence-corrected chi connectivity index (χ4v) is 3.30. The van der Waals surface area contributed by atoms with Gasteiger partial charge in [-0.05, 0) is 12.8 Å². The average Bonchev–Trinajstić information content (AvgIpc) is 2.50. The third kappa shape index (κ3) is 4.80. The predicted octanol–water partition coefficient (Wildman–Crippen LogP) is 0.425. The second-order valence-corrected chi connectivity index (χ2v) is 6.21. The van der Waals surface area contributed by atoms with Crippen LogP contribution in [0.25, 0.3) is 0 Å². The third-order valence-electron chi connectivity index (χ3n) is 2.40. The lowest BCUT2D eigenvalue weighted by Gasteiger charge is -2.12. The van der Waals surface area contributed by atoms with Crippen molar-refractivity contribution in [1.29, 1.82) is 0 Å². The van der Waals surface area contributed by atoms with Crippen molar-refractivity contribution in [2.45, 2.75) is 24.3 Å². The minimum atomic E-state index is -4.48. The molecule has 1 unspecified atom stereocenters. The molecule has 0 bridgehead atoms. The van der Waals surface area contributed by atoms with Crippen molar-refractivity contribution >= 4 is 15.9 Å². The molecule has 1 aliphatic rings. The first-order chi connectivity index (χ1) is 7.71. The SMILES string of the molecule is O=C(NCC1CCCS1(=O)=O)NCC(F)(F)F. The Kier molecular flexibility index (Phi) is 4.23. The van der Waals surface area contributed by atoms with Gasteiger partial charge in [0.1, 0.15) is 6.54 Å². The Balaban J connectivity index is 2.29. The summed E-state index contributed by atoms with van der Waals surface area (Å²) in [6.07, 6.45) is -3.52. The maximum Gasteiger partial charge on any atom is 0.405 e. The zero-order valence-corrected chi connectivity index (χ0v) is 9.70. The van der Waals surface area contributed by atoms with Crippen molar-refractivity contribution in [1.82, 2.24) is 10.6 Å². The first kappa shape index (κ1) is 14.1. The highest BCUT2D eigenvalue weighted by atomic mass is 32.2. The molecule has 0 spiro atoms. The Labute approximate surface area is 96.7 Å². The number of hydrogen-bond donors (Lipinski definition) is 2. The normalized spacial score (nSPS) is 23.4. The summed E-state index contributed by atoms with van der Waals surface area (Å²) in [4.78, 5) is 10.9. The Morgan fingerprint density at radius 1 is 1.29 bits per heavy atom. The van der Waals surface area contributed by atoms with Crippen LogP contribution in [0.15, 0.2) is 0 Å². The molecule has 1 saturated heterocycles. The second kappa shape index (κ2) is 5.11. The molecule has 100 valence electrons. The number of alkyl halides is 3. The quantitative estimate of drug-likeness (QED) is 0.783. The zero-order valence-electron chi connectivity index (χ0n) is 8.88. The van der Waals surface area contributed by atoms with E-state index in [2.05, 4.69) is 5.32 Å². The van der Waals surface area contributed by atoms with Gasteiger partial charge in [-0.2, -0.15) is 13.2 Å². The molecule has 0 radical (unpaired) electrons. The largest absolute Gasteiger partial charge is 0.405 e. The van der Waals surface area contributed by atoms with Gasteiger partial charge in [0.2, 0.25) is 0 Å². The van der Waals surface area contributed by atoms with E-state index in [1.807, 2.05) is 0 Å². The van der Waals surface area contributed by atoms with Crippen LogP contribution in [0.3, 0.4) is 0 Å². The smallest absolute Gasteiger partial charge is 0.337 e. The van der Waals surface area contributed by atoms with Gasteiger partial charge in [-0.25, -0.2) is 13.2 Å². The maximum atomic E-state index is 11.7. The van der Waals surface area contributed by atoms with Gasteiger partial charge in [-0.1, -0.05) is 0 Å². The standard InChI is InChI=1S/C8H13F3N2O3S/c9-8(10,11)5-13-7(14)12-4-6-2-1-3-17(6,15)16/h6H,1-5H2,(H2,12,13,14). The minimum absolute atomic E-state index is 0.0729. The number of rotatable bonds is 3. The fraction of sp³-hybridized carbons (Fsp3) is 0.875. The average molecular weight is 274 g/mol. The molecule has 1 aliphatic heterocycles. The van der Waals surface area contributed by atoms with Crippen LogP contribution in [0.1, 0.15) is 12.8 Å². The van der Waals surface area contributed by atoms with Gasteiger partial charge in [0, 0.05) is 6.54 Å². The first-order valence-corrected chi connectivity index (χ1v) is 6.72. The molecule has 0 aromatic carbocycles. The highest BCUT2D eigenvalue weighted by Gasteiger charge is 2.32. The van der Waals surface area contributed by atoms with Crippen LogP contribution in [-0.2, 0) is 9.84 Å². The van der Waals surface area contributed by atoms with Crippen molar-refractivity contribution in [2.24, 2.45) is 0 Å². The molecule has 1 atom stereocenters. The van der Waals surface area contributed by atoms with E-state index in [-0.39, 0.29) is 12.3 Å². The van der Waals surface area contributed by atoms with Crippen molar-refractivity contribution in [3.8, 4) is 0 Å². The molecule has 1 heterocycles. The lowest BCUT2D eigenvalue weighted by Crippen LogP contribution is -2.44. The summed E-state index contributed by atoms with van der Waals surface area (Å²) in [6, 6.07) is -1.01. The van der Waals surface area contributed by atoms with Gasteiger partial charge < -0.3 is 10.6 Å². The van der Waals surface area contributed by atoms with Gasteiger partial charge in [-0.3, -0.25) is 0 Å². The predicted molar refractivity (Wildman–Crippen MR) is 54.3 cm³/mol. The van der Waals surface area contributed by atoms with Gasteiger partial charge in [-0.15, -0.1) is 0 Å². The van der Waals surface area contributed by atoms with E-state index >= 15 is 0 Å². The molecular formula is C8H13F3N2O3S. The second-order valence-electron chi connectivity index (χ2n) is 3.81. The fourth-order valence-electron chi connectivity index (χ4n) is 1.54. The van der Waals surface area contributed by atoms with E-state index in [0.29, 0.717) is 12.8 Å². The molecule has 0 aliphatic carbocycles. The summed E-state index contributed by atoms with van der Waals surface area (Å²) in [5, 5.41) is 3.05. The lowest BCUT2D eigenvalue weighted by molar-refractivity contribution is -0.122. The van der Waals surface area contributed by atoms with Crippen LogP contribution in [0, 0.1) is 0 Å². The molecule has 2 amide bonds. The number of nitrogens with one attached hydrogen (secondary N) is 2. The summed E-state index contributed by atoms with van der Waals surface area (Å²) in [6.45, 7) is -1.58. The van der Waals surface area contributed by atoms with Crippen molar-refractivity contribution in [3.63, 3.8) is 0 Å². The molecule has 1 fully saturated rings. The molecule has 0 aromatic rings. The van der Waals surface area contributed by atoms with Crippen LogP contribution in [0.4, 0.5) is 18.0 Å². The topological polar surface area (TPSA) is 75.3 Å². The first-order valence-electron chi connectivity index (χ1n) is 5.01. The van der Waals surface area contributed by atoms with Gasteiger partial charge >= 0.3 is 12.2 Å². The Morgan fingerprint density at radius 2 is 1.94 bits per heavy atom. The number of amides is 2. The summed E-state index contributed by atoms with van der Waals surface area (Å²) >= 11 is 0. The van der Waals surface area contributed by atoms with Crippen LogP contribution >= 0.6 is 0 Å². The Morgan fingerprint density at radius 3 is 2.41 bits per heavy atom. The summed E-state index contributed by atoms with van der Waals surface area (Å²) in [5.74, 6) is 0.0729. The Hall–Kier alpha value is -0.990. The number of carbonyl (C=O) groups is 1. The lowest BCUT2D eigenvalue weighted by atomic mass is 10.2. The minimum Gasteiger partial charge on any atom is -0.337 e. The van der Waals surface area contributed by atoms with E-state index < -0.39 is 33.8 Å². The summed E-state index contributed by atoms with van der Waals surface area (Å²) in [5.41, 5.74) is 0. The maximum absolute atomic E-state index is 11.7. The van der Waals surface area contributed by atoms with Gasteiger partial charge in [0.15, 0.2) is 9.84 Å².